The number of rotatable bonds is 1. The maximum atomic E-state index is 11.9. The van der Waals surface area contributed by atoms with E-state index in [-0.39, 0.29) is 5.41 Å². The lowest BCUT2D eigenvalue weighted by atomic mass is 9.47. The fourth-order valence-electron chi connectivity index (χ4n) is 7.03. The lowest BCUT2D eigenvalue weighted by Crippen LogP contribution is -2.50. The Morgan fingerprint density at radius 3 is 2.62 bits per heavy atom. The smallest absolute Gasteiger partial charge is 0.155 e. The SMILES string of the molecule is C[C@]12CC[C@H]3[C@@H](CCC4=CC(=O)CC[C@@]43C)[C@@H]1CC[C@@H]2C=C(Cl)Cl. The van der Waals surface area contributed by atoms with Crippen LogP contribution in [0.3, 0.4) is 0 Å². The molecule has 0 heterocycles. The summed E-state index contributed by atoms with van der Waals surface area (Å²) in [7, 11) is 0. The topological polar surface area (TPSA) is 17.1 Å². The molecule has 4 aliphatic rings. The van der Waals surface area contributed by atoms with E-state index in [0.717, 1.165) is 37.0 Å². The van der Waals surface area contributed by atoms with Crippen molar-refractivity contribution < 1.29 is 4.79 Å². The highest BCUT2D eigenvalue weighted by Gasteiger charge is 2.58. The normalized spacial score (nSPS) is 47.3. The van der Waals surface area contributed by atoms with Gasteiger partial charge in [-0.3, -0.25) is 4.79 Å². The zero-order valence-corrected chi connectivity index (χ0v) is 16.3. The molecular weight excluding hydrogens is 339 g/mol. The number of hydrogen-bond acceptors (Lipinski definition) is 1. The Hall–Kier alpha value is -0.270. The Morgan fingerprint density at radius 2 is 1.88 bits per heavy atom. The van der Waals surface area contributed by atoms with Crippen molar-refractivity contribution in [3.8, 4) is 0 Å². The van der Waals surface area contributed by atoms with Crippen molar-refractivity contribution in [2.45, 2.75) is 65.2 Å². The summed E-state index contributed by atoms with van der Waals surface area (Å²) in [6.07, 6.45) is 13.4. The Kier molecular flexibility index (Phi) is 4.20. The standard InChI is InChI=1S/C21H28Cl2O/c1-20-9-7-15(24)11-13(20)3-5-16-17-6-4-14(12-19(22)23)21(17,2)10-8-18(16)20/h11-12,14,16-18H,3-10H2,1-2H3/t14-,16+,17+,18+,20+,21-/m1/s1. The third kappa shape index (κ3) is 2.45. The van der Waals surface area contributed by atoms with Gasteiger partial charge in [0.25, 0.3) is 0 Å². The van der Waals surface area contributed by atoms with Gasteiger partial charge in [-0.1, -0.05) is 48.7 Å². The van der Waals surface area contributed by atoms with Gasteiger partial charge in [0.05, 0.1) is 0 Å². The van der Waals surface area contributed by atoms with Crippen molar-refractivity contribution in [1.29, 1.82) is 0 Å². The lowest BCUT2D eigenvalue weighted by molar-refractivity contribution is -0.117. The van der Waals surface area contributed by atoms with Gasteiger partial charge in [0, 0.05) is 6.42 Å². The zero-order valence-electron chi connectivity index (χ0n) is 14.8. The van der Waals surface area contributed by atoms with Gasteiger partial charge in [0.1, 0.15) is 4.49 Å². The van der Waals surface area contributed by atoms with Crippen LogP contribution in [0.2, 0.25) is 0 Å². The summed E-state index contributed by atoms with van der Waals surface area (Å²) in [6.45, 7) is 4.93. The highest BCUT2D eigenvalue weighted by molar-refractivity contribution is 6.55. The minimum atomic E-state index is 0.274. The number of hydrogen-bond donors (Lipinski definition) is 0. The first-order valence-electron chi connectivity index (χ1n) is 9.61. The summed E-state index contributed by atoms with van der Waals surface area (Å²) in [4.78, 5) is 11.9. The molecule has 0 aromatic rings. The van der Waals surface area contributed by atoms with Crippen LogP contribution in [-0.4, -0.2) is 5.78 Å². The Bertz CT molecular complexity index is 617. The summed E-state index contributed by atoms with van der Waals surface area (Å²) in [5.74, 6) is 3.25. The van der Waals surface area contributed by atoms with Crippen molar-refractivity contribution in [1.82, 2.24) is 0 Å². The fourth-order valence-corrected chi connectivity index (χ4v) is 7.33. The number of ketones is 1. The molecule has 0 radical (unpaired) electrons. The van der Waals surface area contributed by atoms with Gasteiger partial charge in [-0.05, 0) is 85.5 Å². The maximum absolute atomic E-state index is 11.9. The van der Waals surface area contributed by atoms with E-state index in [2.05, 4.69) is 19.9 Å². The number of halogens is 2. The van der Waals surface area contributed by atoms with Crippen molar-refractivity contribution in [2.24, 2.45) is 34.5 Å². The molecule has 0 unspecified atom stereocenters. The van der Waals surface area contributed by atoms with Crippen LogP contribution in [0.4, 0.5) is 0 Å². The average Bonchev–Trinajstić information content (AvgIpc) is 2.84. The van der Waals surface area contributed by atoms with Crippen LogP contribution >= 0.6 is 23.2 Å². The molecule has 0 aromatic heterocycles. The van der Waals surface area contributed by atoms with E-state index in [9.17, 15) is 4.79 Å². The lowest BCUT2D eigenvalue weighted by Gasteiger charge is -2.58. The van der Waals surface area contributed by atoms with Crippen LogP contribution in [0.5, 0.6) is 0 Å². The predicted molar refractivity (Wildman–Crippen MR) is 100.0 cm³/mol. The van der Waals surface area contributed by atoms with Gasteiger partial charge < -0.3 is 0 Å². The van der Waals surface area contributed by atoms with Gasteiger partial charge in [-0.2, -0.15) is 0 Å². The second-order valence-electron chi connectivity index (χ2n) is 9.15. The average molecular weight is 367 g/mol. The molecule has 0 N–H and O–H groups in total. The van der Waals surface area contributed by atoms with Crippen LogP contribution in [0.1, 0.15) is 65.2 Å². The van der Waals surface area contributed by atoms with Crippen molar-refractivity contribution in [3.63, 3.8) is 0 Å². The molecule has 0 amide bonds. The number of fused-ring (bicyclic) bond motifs is 5. The molecule has 132 valence electrons. The van der Waals surface area contributed by atoms with Crippen LogP contribution in [0.25, 0.3) is 0 Å². The second-order valence-corrected chi connectivity index (χ2v) is 10.2. The minimum absolute atomic E-state index is 0.274. The summed E-state index contributed by atoms with van der Waals surface area (Å²) >= 11 is 12.0. The quantitative estimate of drug-likeness (QED) is 0.520. The molecule has 4 rings (SSSR count). The molecular formula is C21H28Cl2O. The van der Waals surface area contributed by atoms with Crippen molar-refractivity contribution in [3.05, 3.63) is 22.2 Å². The van der Waals surface area contributed by atoms with Gasteiger partial charge >= 0.3 is 0 Å². The molecule has 0 spiro atoms. The highest BCUT2D eigenvalue weighted by atomic mass is 35.5. The highest BCUT2D eigenvalue weighted by Crippen LogP contribution is 2.66. The molecule has 3 saturated carbocycles. The third-order valence-electron chi connectivity index (χ3n) is 8.36. The largest absolute Gasteiger partial charge is 0.295 e. The number of allylic oxidation sites excluding steroid dienone is 2. The predicted octanol–water partition coefficient (Wildman–Crippen LogP) is 6.45. The molecule has 0 saturated heterocycles. The Labute approximate surface area is 155 Å². The summed E-state index contributed by atoms with van der Waals surface area (Å²) in [6, 6.07) is 0. The maximum Gasteiger partial charge on any atom is 0.155 e. The van der Waals surface area contributed by atoms with Gasteiger partial charge in [-0.15, -0.1) is 0 Å². The monoisotopic (exact) mass is 366 g/mol. The van der Waals surface area contributed by atoms with Crippen LogP contribution in [-0.2, 0) is 4.79 Å². The molecule has 6 atom stereocenters. The molecule has 0 aliphatic heterocycles. The van der Waals surface area contributed by atoms with Crippen molar-refractivity contribution >= 4 is 29.0 Å². The van der Waals surface area contributed by atoms with Crippen LogP contribution in [0, 0.1) is 34.5 Å². The summed E-state index contributed by atoms with van der Waals surface area (Å²) in [5, 5.41) is 0. The summed E-state index contributed by atoms with van der Waals surface area (Å²) < 4.78 is 0.440. The number of carbonyl (C=O) groups excluding carboxylic acids is 1. The molecule has 3 heteroatoms. The molecule has 3 fully saturated rings. The van der Waals surface area contributed by atoms with E-state index < -0.39 is 0 Å². The van der Waals surface area contributed by atoms with E-state index >= 15 is 0 Å². The van der Waals surface area contributed by atoms with E-state index in [1.807, 2.05) is 6.08 Å². The first kappa shape index (κ1) is 17.2. The van der Waals surface area contributed by atoms with E-state index in [1.54, 1.807) is 0 Å². The molecule has 4 aliphatic carbocycles. The molecule has 24 heavy (non-hydrogen) atoms. The van der Waals surface area contributed by atoms with Gasteiger partial charge in [0.15, 0.2) is 5.78 Å². The molecule has 0 bridgehead atoms. The second kappa shape index (κ2) is 5.88. The van der Waals surface area contributed by atoms with Gasteiger partial charge in [-0.25, -0.2) is 0 Å². The van der Waals surface area contributed by atoms with Gasteiger partial charge in [0.2, 0.25) is 0 Å². The third-order valence-corrected chi connectivity index (χ3v) is 8.61. The fraction of sp³-hybridized carbons (Fsp3) is 0.762. The van der Waals surface area contributed by atoms with Crippen LogP contribution < -0.4 is 0 Å². The minimum Gasteiger partial charge on any atom is -0.295 e. The Balaban J connectivity index is 1.65. The Morgan fingerprint density at radius 1 is 1.08 bits per heavy atom. The first-order chi connectivity index (χ1) is 11.3. The van der Waals surface area contributed by atoms with Crippen molar-refractivity contribution in [2.75, 3.05) is 0 Å². The molecule has 0 aromatic carbocycles. The van der Waals surface area contributed by atoms with E-state index in [0.29, 0.717) is 21.6 Å². The van der Waals surface area contributed by atoms with E-state index in [4.69, 9.17) is 23.2 Å². The summed E-state index contributed by atoms with van der Waals surface area (Å²) in [5.41, 5.74) is 2.09. The first-order valence-corrected chi connectivity index (χ1v) is 10.4. The molecule has 1 nitrogen and oxygen atoms in total. The zero-order chi connectivity index (χ0) is 17.1. The van der Waals surface area contributed by atoms with E-state index in [1.165, 1.54) is 37.7 Å². The number of carbonyl (C=O) groups is 1. The van der Waals surface area contributed by atoms with Crippen LogP contribution in [0.15, 0.2) is 22.2 Å².